The molecule has 0 aromatic carbocycles. The Morgan fingerprint density at radius 2 is 1.75 bits per heavy atom. The molecule has 1 N–H and O–H groups in total. The summed E-state index contributed by atoms with van der Waals surface area (Å²) < 4.78 is 11.8. The smallest absolute Gasteiger partial charge is 0.0878 e. The minimum Gasteiger partial charge on any atom is -0.381 e. The topological polar surface area (TPSA) is 30.5 Å². The highest BCUT2D eigenvalue weighted by atomic mass is 16.5. The molecule has 0 amide bonds. The Morgan fingerprint density at radius 3 is 2.35 bits per heavy atom. The number of nitrogens with one attached hydrogen (secondary N) is 1. The molecule has 1 unspecified atom stereocenters. The molecule has 0 saturated carbocycles. The predicted molar refractivity (Wildman–Crippen MR) is 85.3 cm³/mol. The molecule has 0 bridgehead atoms. The molecule has 3 heteroatoms. The summed E-state index contributed by atoms with van der Waals surface area (Å²) in [5, 5.41) is 3.69. The fourth-order valence-electron chi connectivity index (χ4n) is 3.35. The Labute approximate surface area is 125 Å². The van der Waals surface area contributed by atoms with E-state index < -0.39 is 0 Å². The molecule has 3 nitrogen and oxygen atoms in total. The predicted octanol–water partition coefficient (Wildman–Crippen LogP) is 3.91. The normalized spacial score (nSPS) is 19.9. The van der Waals surface area contributed by atoms with Gasteiger partial charge in [-0.15, -0.1) is 0 Å². The Hall–Kier alpha value is -0.120. The van der Waals surface area contributed by atoms with E-state index in [1.54, 1.807) is 0 Å². The van der Waals surface area contributed by atoms with E-state index in [1.807, 2.05) is 0 Å². The van der Waals surface area contributed by atoms with Crippen LogP contribution in [0.1, 0.15) is 72.1 Å². The van der Waals surface area contributed by atoms with Gasteiger partial charge in [-0.3, -0.25) is 0 Å². The van der Waals surface area contributed by atoms with E-state index in [-0.39, 0.29) is 5.60 Å². The van der Waals surface area contributed by atoms with Crippen LogP contribution in [0.2, 0.25) is 0 Å². The van der Waals surface area contributed by atoms with E-state index in [2.05, 4.69) is 26.1 Å². The maximum atomic E-state index is 6.22. The Bertz CT molecular complexity index is 222. The van der Waals surface area contributed by atoms with Gasteiger partial charge in [0, 0.05) is 38.7 Å². The zero-order valence-corrected chi connectivity index (χ0v) is 13.9. The Morgan fingerprint density at radius 1 is 1.05 bits per heavy atom. The van der Waals surface area contributed by atoms with Crippen molar-refractivity contribution in [1.82, 2.24) is 5.32 Å². The fraction of sp³-hybridized carbons (Fsp3) is 1.00. The van der Waals surface area contributed by atoms with Gasteiger partial charge in [0.15, 0.2) is 0 Å². The average molecular weight is 285 g/mol. The largest absolute Gasteiger partial charge is 0.381 e. The molecule has 1 aliphatic heterocycles. The highest BCUT2D eigenvalue weighted by Gasteiger charge is 2.40. The standard InChI is InChI=1S/C17H35NO2/c1-4-7-8-9-10-11-16(18-5-2)17(20-6-3)12-14-19-15-13-17/h16,18H,4-15H2,1-3H3. The van der Waals surface area contributed by atoms with Gasteiger partial charge in [0.1, 0.15) is 0 Å². The lowest BCUT2D eigenvalue weighted by atomic mass is 9.83. The lowest BCUT2D eigenvalue weighted by molar-refractivity contribution is -0.128. The van der Waals surface area contributed by atoms with Crippen LogP contribution in [0.15, 0.2) is 0 Å². The van der Waals surface area contributed by atoms with Gasteiger partial charge in [-0.1, -0.05) is 46.0 Å². The molecule has 0 radical (unpaired) electrons. The molecule has 0 aromatic heterocycles. The van der Waals surface area contributed by atoms with Gasteiger partial charge in [0.25, 0.3) is 0 Å². The van der Waals surface area contributed by atoms with Gasteiger partial charge in [-0.25, -0.2) is 0 Å². The van der Waals surface area contributed by atoms with Crippen molar-refractivity contribution in [2.75, 3.05) is 26.4 Å². The second-order valence-electron chi connectivity index (χ2n) is 5.92. The van der Waals surface area contributed by atoms with Crippen LogP contribution in [-0.4, -0.2) is 38.0 Å². The average Bonchev–Trinajstić information content (AvgIpc) is 2.47. The Balaban J connectivity index is 2.50. The van der Waals surface area contributed by atoms with Crippen LogP contribution in [0.5, 0.6) is 0 Å². The van der Waals surface area contributed by atoms with Gasteiger partial charge >= 0.3 is 0 Å². The minimum absolute atomic E-state index is 0.00770. The quantitative estimate of drug-likeness (QED) is 0.584. The SMILES string of the molecule is CCCCCCCC(NCC)C1(OCC)CCOCC1. The first-order chi connectivity index (χ1) is 9.79. The molecule has 1 atom stereocenters. The molecule has 120 valence electrons. The zero-order valence-electron chi connectivity index (χ0n) is 13.9. The number of rotatable bonds is 11. The molecule has 1 saturated heterocycles. The molecule has 0 spiro atoms. The molecular formula is C17H35NO2. The van der Waals surface area contributed by atoms with Crippen LogP contribution in [0, 0.1) is 0 Å². The number of unbranched alkanes of at least 4 members (excludes halogenated alkanes) is 4. The summed E-state index contributed by atoms with van der Waals surface area (Å²) in [5.74, 6) is 0. The highest BCUT2D eigenvalue weighted by Crippen LogP contribution is 2.31. The first kappa shape index (κ1) is 17.9. The van der Waals surface area contributed by atoms with Crippen molar-refractivity contribution >= 4 is 0 Å². The van der Waals surface area contributed by atoms with E-state index in [9.17, 15) is 0 Å². The molecule has 1 rings (SSSR count). The third-order valence-electron chi connectivity index (χ3n) is 4.45. The van der Waals surface area contributed by atoms with Gasteiger partial charge in [0.05, 0.1) is 5.60 Å². The Kier molecular flexibility index (Phi) is 9.49. The van der Waals surface area contributed by atoms with E-state index in [0.717, 1.165) is 39.2 Å². The maximum Gasteiger partial charge on any atom is 0.0878 e. The molecule has 20 heavy (non-hydrogen) atoms. The van der Waals surface area contributed by atoms with Crippen LogP contribution in [0.4, 0.5) is 0 Å². The summed E-state index contributed by atoms with van der Waals surface area (Å²) >= 11 is 0. The second-order valence-corrected chi connectivity index (χ2v) is 5.92. The van der Waals surface area contributed by atoms with E-state index in [0.29, 0.717) is 6.04 Å². The van der Waals surface area contributed by atoms with Crippen LogP contribution in [0.25, 0.3) is 0 Å². The van der Waals surface area contributed by atoms with Crippen molar-refractivity contribution in [3.05, 3.63) is 0 Å². The first-order valence-corrected chi connectivity index (χ1v) is 8.74. The molecule has 1 aliphatic rings. The lowest BCUT2D eigenvalue weighted by Crippen LogP contribution is -2.55. The molecule has 1 fully saturated rings. The summed E-state index contributed by atoms with van der Waals surface area (Å²) in [7, 11) is 0. The van der Waals surface area contributed by atoms with Crippen LogP contribution in [0.3, 0.4) is 0 Å². The number of hydrogen-bond acceptors (Lipinski definition) is 3. The van der Waals surface area contributed by atoms with Crippen LogP contribution in [-0.2, 0) is 9.47 Å². The van der Waals surface area contributed by atoms with E-state index in [1.165, 1.54) is 38.5 Å². The van der Waals surface area contributed by atoms with Crippen molar-refractivity contribution in [3.63, 3.8) is 0 Å². The molecule has 0 aromatic rings. The van der Waals surface area contributed by atoms with Crippen molar-refractivity contribution in [2.24, 2.45) is 0 Å². The third kappa shape index (κ3) is 5.71. The summed E-state index contributed by atoms with van der Waals surface area (Å²) in [6, 6.07) is 0.484. The van der Waals surface area contributed by atoms with Crippen molar-refractivity contribution in [2.45, 2.75) is 83.8 Å². The van der Waals surface area contributed by atoms with Gasteiger partial charge in [-0.2, -0.15) is 0 Å². The summed E-state index contributed by atoms with van der Waals surface area (Å²) in [6.45, 7) is 10.1. The lowest BCUT2D eigenvalue weighted by Gasteiger charge is -2.43. The van der Waals surface area contributed by atoms with Gasteiger partial charge in [0.2, 0.25) is 0 Å². The van der Waals surface area contributed by atoms with Crippen LogP contribution < -0.4 is 5.32 Å². The van der Waals surface area contributed by atoms with Gasteiger partial charge < -0.3 is 14.8 Å². The monoisotopic (exact) mass is 285 g/mol. The van der Waals surface area contributed by atoms with Crippen molar-refractivity contribution < 1.29 is 9.47 Å². The molecular weight excluding hydrogens is 250 g/mol. The second kappa shape index (κ2) is 10.6. The summed E-state index contributed by atoms with van der Waals surface area (Å²) in [6.07, 6.45) is 10.0. The zero-order chi connectivity index (χ0) is 14.7. The number of hydrogen-bond donors (Lipinski definition) is 1. The number of ether oxygens (including phenoxy) is 2. The fourth-order valence-corrected chi connectivity index (χ4v) is 3.35. The van der Waals surface area contributed by atoms with Gasteiger partial charge in [-0.05, 0) is 19.9 Å². The van der Waals surface area contributed by atoms with E-state index >= 15 is 0 Å². The van der Waals surface area contributed by atoms with E-state index in [4.69, 9.17) is 9.47 Å². The molecule has 1 heterocycles. The van der Waals surface area contributed by atoms with Crippen LogP contribution >= 0.6 is 0 Å². The minimum atomic E-state index is 0.00770. The maximum absolute atomic E-state index is 6.22. The number of likely N-dealkylation sites (N-methyl/N-ethyl adjacent to an activating group) is 1. The van der Waals surface area contributed by atoms with Crippen molar-refractivity contribution in [1.29, 1.82) is 0 Å². The first-order valence-electron chi connectivity index (χ1n) is 8.74. The highest BCUT2D eigenvalue weighted by molar-refractivity contribution is 4.95. The van der Waals surface area contributed by atoms with Crippen molar-refractivity contribution in [3.8, 4) is 0 Å². The molecule has 0 aliphatic carbocycles. The summed E-state index contributed by atoms with van der Waals surface area (Å²) in [4.78, 5) is 0. The summed E-state index contributed by atoms with van der Waals surface area (Å²) in [5.41, 5.74) is 0.00770. The third-order valence-corrected chi connectivity index (χ3v) is 4.45.